The number of anilines is 1. The molecular formula is C13H17N3O2S. The Morgan fingerprint density at radius 3 is 2.42 bits per heavy atom. The molecule has 0 aliphatic rings. The second kappa shape index (κ2) is 5.44. The normalized spacial score (nSPS) is 11.5. The molecule has 1 heterocycles. The summed E-state index contributed by atoms with van der Waals surface area (Å²) in [5.74, 6) is 0. The Bertz CT molecular complexity index is 645. The van der Waals surface area contributed by atoms with Gasteiger partial charge in [0.2, 0.25) is 0 Å². The first-order valence-corrected chi connectivity index (χ1v) is 7.87. The van der Waals surface area contributed by atoms with Crippen LogP contribution in [-0.4, -0.2) is 31.0 Å². The van der Waals surface area contributed by atoms with Gasteiger partial charge < -0.3 is 5.32 Å². The molecule has 0 atom stereocenters. The van der Waals surface area contributed by atoms with E-state index in [1.807, 2.05) is 19.3 Å². The van der Waals surface area contributed by atoms with Crippen LogP contribution in [0.25, 0.3) is 0 Å². The number of aromatic nitrogens is 2. The van der Waals surface area contributed by atoms with Crippen molar-refractivity contribution in [2.24, 2.45) is 7.05 Å². The summed E-state index contributed by atoms with van der Waals surface area (Å²) in [5.41, 5.74) is 1.94. The number of rotatable bonds is 5. The summed E-state index contributed by atoms with van der Waals surface area (Å²) in [4.78, 5) is 0.336. The summed E-state index contributed by atoms with van der Waals surface area (Å²) in [6, 6.07) is 8.74. The topological polar surface area (TPSA) is 64.0 Å². The monoisotopic (exact) mass is 279 g/mol. The Labute approximate surface area is 113 Å². The zero-order valence-electron chi connectivity index (χ0n) is 11.0. The lowest BCUT2D eigenvalue weighted by molar-refractivity contribution is 0.602. The molecule has 0 aliphatic heterocycles. The maximum Gasteiger partial charge on any atom is 0.175 e. The van der Waals surface area contributed by atoms with Crippen LogP contribution < -0.4 is 5.32 Å². The molecular weight excluding hydrogens is 262 g/mol. The Hall–Kier alpha value is -1.82. The highest BCUT2D eigenvalue weighted by atomic mass is 32.2. The predicted octanol–water partition coefficient (Wildman–Crippen LogP) is 1.48. The number of hydrogen-bond donors (Lipinski definition) is 1. The van der Waals surface area contributed by atoms with Crippen molar-refractivity contribution in [1.82, 2.24) is 9.78 Å². The van der Waals surface area contributed by atoms with E-state index in [0.29, 0.717) is 4.90 Å². The van der Waals surface area contributed by atoms with Crippen molar-refractivity contribution < 1.29 is 8.42 Å². The molecule has 0 bridgehead atoms. The minimum atomic E-state index is -3.12. The Morgan fingerprint density at radius 2 is 1.89 bits per heavy atom. The molecule has 0 fully saturated rings. The van der Waals surface area contributed by atoms with Crippen LogP contribution in [-0.2, 0) is 23.3 Å². The molecule has 2 rings (SSSR count). The molecule has 0 aliphatic carbocycles. The summed E-state index contributed by atoms with van der Waals surface area (Å²) in [6.07, 6.45) is 3.95. The van der Waals surface area contributed by atoms with Gasteiger partial charge in [-0.1, -0.05) is 0 Å². The zero-order chi connectivity index (χ0) is 13.9. The van der Waals surface area contributed by atoms with E-state index < -0.39 is 9.84 Å². The zero-order valence-corrected chi connectivity index (χ0v) is 11.8. The highest BCUT2D eigenvalue weighted by molar-refractivity contribution is 7.90. The summed E-state index contributed by atoms with van der Waals surface area (Å²) in [5, 5.41) is 7.52. The van der Waals surface area contributed by atoms with Gasteiger partial charge in [-0.05, 0) is 30.3 Å². The van der Waals surface area contributed by atoms with Crippen LogP contribution in [0.1, 0.15) is 5.69 Å². The average Bonchev–Trinajstić information content (AvgIpc) is 2.75. The lowest BCUT2D eigenvalue weighted by Crippen LogP contribution is -2.06. The maximum atomic E-state index is 11.3. The van der Waals surface area contributed by atoms with Crippen molar-refractivity contribution >= 4 is 15.5 Å². The van der Waals surface area contributed by atoms with Crippen molar-refractivity contribution in [2.75, 3.05) is 18.1 Å². The number of benzene rings is 1. The summed E-state index contributed by atoms with van der Waals surface area (Å²) in [7, 11) is -1.23. The van der Waals surface area contributed by atoms with Crippen molar-refractivity contribution in [3.8, 4) is 0 Å². The number of nitrogens with one attached hydrogen (secondary N) is 1. The van der Waals surface area contributed by atoms with Gasteiger partial charge in [-0.3, -0.25) is 4.68 Å². The first kappa shape index (κ1) is 13.6. The van der Waals surface area contributed by atoms with E-state index in [-0.39, 0.29) is 0 Å². The molecule has 0 radical (unpaired) electrons. The summed E-state index contributed by atoms with van der Waals surface area (Å²) < 4.78 is 24.4. The van der Waals surface area contributed by atoms with Crippen molar-refractivity contribution in [3.05, 3.63) is 42.2 Å². The fraction of sp³-hybridized carbons (Fsp3) is 0.308. The molecule has 1 aromatic heterocycles. The van der Waals surface area contributed by atoms with Crippen molar-refractivity contribution in [3.63, 3.8) is 0 Å². The third-order valence-corrected chi connectivity index (χ3v) is 3.89. The second-order valence-electron chi connectivity index (χ2n) is 4.45. The van der Waals surface area contributed by atoms with Crippen molar-refractivity contribution in [1.29, 1.82) is 0 Å². The smallest absolute Gasteiger partial charge is 0.175 e. The third kappa shape index (κ3) is 3.82. The van der Waals surface area contributed by atoms with Crippen LogP contribution in [0, 0.1) is 0 Å². The fourth-order valence-electron chi connectivity index (χ4n) is 1.75. The Balaban J connectivity index is 1.90. The van der Waals surface area contributed by atoms with Crippen LogP contribution in [0.5, 0.6) is 0 Å². The lowest BCUT2D eigenvalue weighted by Gasteiger charge is -2.06. The number of sulfone groups is 1. The molecule has 6 heteroatoms. The highest BCUT2D eigenvalue weighted by Gasteiger charge is 2.05. The van der Waals surface area contributed by atoms with Crippen LogP contribution >= 0.6 is 0 Å². The lowest BCUT2D eigenvalue weighted by atomic mass is 10.3. The first-order valence-electron chi connectivity index (χ1n) is 5.98. The highest BCUT2D eigenvalue weighted by Crippen LogP contribution is 2.13. The van der Waals surface area contributed by atoms with Crippen LogP contribution in [0.3, 0.4) is 0 Å². The predicted molar refractivity (Wildman–Crippen MR) is 75.0 cm³/mol. The summed E-state index contributed by atoms with van der Waals surface area (Å²) in [6.45, 7) is 0.759. The second-order valence-corrected chi connectivity index (χ2v) is 6.47. The van der Waals surface area contributed by atoms with E-state index in [0.717, 1.165) is 24.3 Å². The van der Waals surface area contributed by atoms with Gasteiger partial charge in [0.25, 0.3) is 0 Å². The van der Waals surface area contributed by atoms with Crippen LogP contribution in [0.15, 0.2) is 41.4 Å². The Kier molecular flexibility index (Phi) is 3.90. The molecule has 0 spiro atoms. The van der Waals surface area contributed by atoms with Gasteiger partial charge in [-0.15, -0.1) is 0 Å². The van der Waals surface area contributed by atoms with E-state index >= 15 is 0 Å². The fourth-order valence-corrected chi connectivity index (χ4v) is 2.38. The standard InChI is InChI=1S/C13H17N3O2S/c1-16-10-8-12(15-16)7-9-14-11-3-5-13(6-4-11)19(2,17)18/h3-6,8,10,14H,7,9H2,1-2H3. The van der Waals surface area contributed by atoms with Gasteiger partial charge >= 0.3 is 0 Å². The van der Waals surface area contributed by atoms with Gasteiger partial charge in [-0.2, -0.15) is 5.10 Å². The average molecular weight is 279 g/mol. The molecule has 102 valence electrons. The van der Waals surface area contributed by atoms with E-state index in [1.165, 1.54) is 6.26 Å². The maximum absolute atomic E-state index is 11.3. The number of nitrogens with zero attached hydrogens (tertiary/aromatic N) is 2. The molecule has 1 N–H and O–H groups in total. The Morgan fingerprint density at radius 1 is 1.21 bits per heavy atom. The van der Waals surface area contributed by atoms with Gasteiger partial charge in [0.05, 0.1) is 10.6 Å². The van der Waals surface area contributed by atoms with E-state index in [9.17, 15) is 8.42 Å². The van der Waals surface area contributed by atoms with Gasteiger partial charge in [0.15, 0.2) is 9.84 Å². The molecule has 19 heavy (non-hydrogen) atoms. The molecule has 0 saturated heterocycles. The molecule has 0 saturated carbocycles. The van der Waals surface area contributed by atoms with Crippen LogP contribution in [0.2, 0.25) is 0 Å². The van der Waals surface area contributed by atoms with E-state index in [1.54, 1.807) is 28.9 Å². The van der Waals surface area contributed by atoms with E-state index in [2.05, 4.69) is 10.4 Å². The van der Waals surface area contributed by atoms with E-state index in [4.69, 9.17) is 0 Å². The van der Waals surface area contributed by atoms with Crippen LogP contribution in [0.4, 0.5) is 5.69 Å². The first-order chi connectivity index (χ1) is 8.95. The SMILES string of the molecule is Cn1ccc(CCNc2ccc(S(C)(=O)=O)cc2)n1. The van der Waals surface area contributed by atoms with Gasteiger partial charge in [-0.25, -0.2) is 8.42 Å². The number of aryl methyl sites for hydroxylation is 1. The largest absolute Gasteiger partial charge is 0.385 e. The van der Waals surface area contributed by atoms with Gasteiger partial charge in [0, 0.05) is 38.2 Å². The third-order valence-electron chi connectivity index (χ3n) is 2.76. The minimum Gasteiger partial charge on any atom is -0.385 e. The number of hydrogen-bond acceptors (Lipinski definition) is 4. The summed E-state index contributed by atoms with van der Waals surface area (Å²) >= 11 is 0. The molecule has 1 aromatic carbocycles. The molecule has 2 aromatic rings. The molecule has 0 amide bonds. The van der Waals surface area contributed by atoms with Gasteiger partial charge in [0.1, 0.15) is 0 Å². The molecule has 5 nitrogen and oxygen atoms in total. The minimum absolute atomic E-state index is 0.336. The quantitative estimate of drug-likeness (QED) is 0.900. The molecule has 0 unspecified atom stereocenters. The van der Waals surface area contributed by atoms with Crippen molar-refractivity contribution in [2.45, 2.75) is 11.3 Å².